The van der Waals surface area contributed by atoms with Crippen LogP contribution in [-0.2, 0) is 14.3 Å². The SMILES string of the molecule is COCCNC(=O)CC(=O)N/N=C/c1c(O)ccc2ccccc12. The number of nitrogens with zero attached hydrogens (tertiary/aromatic N) is 1. The van der Waals surface area contributed by atoms with Gasteiger partial charge in [0.05, 0.1) is 12.8 Å². The van der Waals surface area contributed by atoms with Gasteiger partial charge in [0.2, 0.25) is 11.8 Å². The molecule has 0 aromatic heterocycles. The largest absolute Gasteiger partial charge is 0.507 e. The van der Waals surface area contributed by atoms with Crippen molar-refractivity contribution >= 4 is 28.8 Å². The molecular weight excluding hydrogens is 310 g/mol. The first-order valence-electron chi connectivity index (χ1n) is 7.40. The first-order chi connectivity index (χ1) is 11.6. The number of hydrogen-bond acceptors (Lipinski definition) is 5. The van der Waals surface area contributed by atoms with Gasteiger partial charge in [-0.2, -0.15) is 5.10 Å². The maximum absolute atomic E-state index is 11.6. The maximum atomic E-state index is 11.6. The molecule has 0 bridgehead atoms. The van der Waals surface area contributed by atoms with Crippen LogP contribution in [0.15, 0.2) is 41.5 Å². The molecule has 0 spiro atoms. The van der Waals surface area contributed by atoms with E-state index in [0.29, 0.717) is 18.7 Å². The number of benzene rings is 2. The number of methoxy groups -OCH3 is 1. The Balaban J connectivity index is 1.96. The lowest BCUT2D eigenvalue weighted by molar-refractivity contribution is -0.129. The number of carbonyl (C=O) groups excluding carboxylic acids is 2. The van der Waals surface area contributed by atoms with Gasteiger partial charge < -0.3 is 15.2 Å². The van der Waals surface area contributed by atoms with E-state index in [2.05, 4.69) is 15.8 Å². The van der Waals surface area contributed by atoms with Gasteiger partial charge >= 0.3 is 0 Å². The number of carbonyl (C=O) groups is 2. The van der Waals surface area contributed by atoms with Crippen LogP contribution >= 0.6 is 0 Å². The van der Waals surface area contributed by atoms with Crippen molar-refractivity contribution < 1.29 is 19.4 Å². The van der Waals surface area contributed by atoms with Crippen molar-refractivity contribution in [3.8, 4) is 5.75 Å². The Morgan fingerprint density at radius 1 is 1.21 bits per heavy atom. The van der Waals surface area contributed by atoms with Crippen molar-refractivity contribution in [2.45, 2.75) is 6.42 Å². The van der Waals surface area contributed by atoms with Gasteiger partial charge in [0, 0.05) is 19.2 Å². The molecule has 0 atom stereocenters. The molecule has 7 heteroatoms. The van der Waals surface area contributed by atoms with Crippen LogP contribution in [0.5, 0.6) is 5.75 Å². The lowest BCUT2D eigenvalue weighted by atomic mass is 10.0. The van der Waals surface area contributed by atoms with Crippen LogP contribution in [-0.4, -0.2) is 43.4 Å². The Hall–Kier alpha value is -2.93. The molecule has 24 heavy (non-hydrogen) atoms. The van der Waals surface area contributed by atoms with Gasteiger partial charge in [0.1, 0.15) is 12.2 Å². The Morgan fingerprint density at radius 3 is 2.79 bits per heavy atom. The predicted octanol–water partition coefficient (Wildman–Crippen LogP) is 1.15. The zero-order chi connectivity index (χ0) is 17.4. The molecule has 2 aromatic rings. The average Bonchev–Trinajstić information content (AvgIpc) is 2.57. The second kappa shape index (κ2) is 8.64. The fourth-order valence-electron chi connectivity index (χ4n) is 2.13. The summed E-state index contributed by atoms with van der Waals surface area (Å²) in [5.41, 5.74) is 2.77. The molecule has 0 radical (unpaired) electrons. The highest BCUT2D eigenvalue weighted by Gasteiger charge is 2.08. The van der Waals surface area contributed by atoms with Gasteiger partial charge in [-0.25, -0.2) is 5.43 Å². The molecule has 0 heterocycles. The van der Waals surface area contributed by atoms with Gasteiger partial charge in [-0.3, -0.25) is 9.59 Å². The molecule has 0 aliphatic heterocycles. The Bertz CT molecular complexity index is 759. The number of hydrazone groups is 1. The number of hydrogen-bond donors (Lipinski definition) is 3. The van der Waals surface area contributed by atoms with E-state index in [0.717, 1.165) is 10.8 Å². The van der Waals surface area contributed by atoms with Crippen LogP contribution in [0.3, 0.4) is 0 Å². The van der Waals surface area contributed by atoms with Crippen LogP contribution in [0.1, 0.15) is 12.0 Å². The van der Waals surface area contributed by atoms with Crippen LogP contribution in [0.2, 0.25) is 0 Å². The summed E-state index contributed by atoms with van der Waals surface area (Å²) < 4.78 is 4.79. The van der Waals surface area contributed by atoms with E-state index < -0.39 is 11.8 Å². The molecule has 2 rings (SSSR count). The molecule has 0 saturated carbocycles. The third-order valence-electron chi connectivity index (χ3n) is 3.28. The highest BCUT2D eigenvalue weighted by atomic mass is 16.5. The molecule has 2 aromatic carbocycles. The van der Waals surface area contributed by atoms with Gasteiger partial charge in [-0.1, -0.05) is 30.3 Å². The zero-order valence-corrected chi connectivity index (χ0v) is 13.3. The molecule has 7 nitrogen and oxygen atoms in total. The number of phenolic OH excluding ortho intramolecular Hbond substituents is 1. The molecule has 3 N–H and O–H groups in total. The summed E-state index contributed by atoms with van der Waals surface area (Å²) in [5.74, 6) is -0.891. The summed E-state index contributed by atoms with van der Waals surface area (Å²) in [4.78, 5) is 23.1. The lowest BCUT2D eigenvalue weighted by Crippen LogP contribution is -2.31. The molecule has 0 aliphatic rings. The van der Waals surface area contributed by atoms with Crippen LogP contribution < -0.4 is 10.7 Å². The number of phenols is 1. The minimum Gasteiger partial charge on any atom is -0.507 e. The molecular formula is C17H19N3O4. The summed E-state index contributed by atoms with van der Waals surface area (Å²) >= 11 is 0. The van der Waals surface area contributed by atoms with E-state index in [1.807, 2.05) is 24.3 Å². The average molecular weight is 329 g/mol. The lowest BCUT2D eigenvalue weighted by Gasteiger charge is -2.05. The summed E-state index contributed by atoms with van der Waals surface area (Å²) in [5, 5.41) is 18.1. The minimum atomic E-state index is -0.541. The van der Waals surface area contributed by atoms with Gasteiger partial charge in [-0.05, 0) is 16.8 Å². The van der Waals surface area contributed by atoms with E-state index >= 15 is 0 Å². The second-order valence-corrected chi connectivity index (χ2v) is 5.03. The predicted molar refractivity (Wildman–Crippen MR) is 90.9 cm³/mol. The van der Waals surface area contributed by atoms with Crippen LogP contribution in [0.4, 0.5) is 0 Å². The Morgan fingerprint density at radius 2 is 2.00 bits per heavy atom. The van der Waals surface area contributed by atoms with Crippen LogP contribution in [0.25, 0.3) is 10.8 Å². The number of rotatable bonds is 7. The molecule has 2 amide bonds. The van der Waals surface area contributed by atoms with Crippen molar-refractivity contribution in [2.24, 2.45) is 5.10 Å². The highest BCUT2D eigenvalue weighted by Crippen LogP contribution is 2.25. The smallest absolute Gasteiger partial charge is 0.249 e. The van der Waals surface area contributed by atoms with Crippen molar-refractivity contribution in [2.75, 3.05) is 20.3 Å². The Kier molecular flexibility index (Phi) is 6.27. The molecule has 126 valence electrons. The van der Waals surface area contributed by atoms with Crippen molar-refractivity contribution in [1.82, 2.24) is 10.7 Å². The summed E-state index contributed by atoms with van der Waals surface area (Å²) in [6.45, 7) is 0.724. The van der Waals surface area contributed by atoms with E-state index in [-0.39, 0.29) is 12.2 Å². The zero-order valence-electron chi connectivity index (χ0n) is 13.3. The third kappa shape index (κ3) is 4.79. The fraction of sp³-hybridized carbons (Fsp3) is 0.235. The monoisotopic (exact) mass is 329 g/mol. The second-order valence-electron chi connectivity index (χ2n) is 5.03. The van der Waals surface area contributed by atoms with Crippen molar-refractivity contribution in [3.63, 3.8) is 0 Å². The fourth-order valence-corrected chi connectivity index (χ4v) is 2.13. The molecule has 0 saturated heterocycles. The quantitative estimate of drug-likeness (QED) is 0.307. The number of nitrogens with one attached hydrogen (secondary N) is 2. The van der Waals surface area contributed by atoms with Gasteiger partial charge in [0.25, 0.3) is 0 Å². The topological polar surface area (TPSA) is 100 Å². The van der Waals surface area contributed by atoms with E-state index in [9.17, 15) is 14.7 Å². The van der Waals surface area contributed by atoms with Gasteiger partial charge in [0.15, 0.2) is 0 Å². The molecule has 0 unspecified atom stereocenters. The highest BCUT2D eigenvalue weighted by molar-refractivity contribution is 6.03. The van der Waals surface area contributed by atoms with E-state index in [1.54, 1.807) is 12.1 Å². The van der Waals surface area contributed by atoms with Crippen LogP contribution in [0, 0.1) is 0 Å². The summed E-state index contributed by atoms with van der Waals surface area (Å²) in [6.07, 6.45) is 1.03. The first kappa shape index (κ1) is 17.4. The van der Waals surface area contributed by atoms with Crippen molar-refractivity contribution in [1.29, 1.82) is 0 Å². The third-order valence-corrected chi connectivity index (χ3v) is 3.28. The standard InChI is InChI=1S/C17H19N3O4/c1-24-9-8-18-16(22)10-17(23)20-19-11-14-13-5-3-2-4-12(13)6-7-15(14)21/h2-7,11,21H,8-10H2,1H3,(H,18,22)(H,20,23)/b19-11+. The van der Waals surface area contributed by atoms with Crippen molar-refractivity contribution in [3.05, 3.63) is 42.0 Å². The normalized spacial score (nSPS) is 10.9. The summed E-state index contributed by atoms with van der Waals surface area (Å²) in [6, 6.07) is 10.9. The Labute approximate surface area is 139 Å². The summed E-state index contributed by atoms with van der Waals surface area (Å²) in [7, 11) is 1.52. The molecule has 0 aliphatic carbocycles. The van der Waals surface area contributed by atoms with E-state index in [4.69, 9.17) is 4.74 Å². The number of fused-ring (bicyclic) bond motifs is 1. The van der Waals surface area contributed by atoms with E-state index in [1.165, 1.54) is 13.3 Å². The molecule has 0 fully saturated rings. The van der Waals surface area contributed by atoms with Gasteiger partial charge in [-0.15, -0.1) is 0 Å². The minimum absolute atomic E-state index is 0.0593. The first-order valence-corrected chi connectivity index (χ1v) is 7.40. The number of ether oxygens (including phenoxy) is 1. The maximum Gasteiger partial charge on any atom is 0.249 e. The number of aromatic hydroxyl groups is 1. The number of amides is 2.